The van der Waals surface area contributed by atoms with Crippen molar-refractivity contribution >= 4 is 35.4 Å². The van der Waals surface area contributed by atoms with Gasteiger partial charge in [0.05, 0.1) is 23.3 Å². The first-order valence-corrected chi connectivity index (χ1v) is 11.5. The van der Waals surface area contributed by atoms with E-state index < -0.39 is 16.8 Å². The van der Waals surface area contributed by atoms with Crippen molar-refractivity contribution in [3.63, 3.8) is 0 Å². The number of hydrazone groups is 1. The SMILES string of the molecule is CCOc1cc(/C=N\NC(=O)COc2cc(C)c(Cl)c(C)c2)ccc1OC(=O)c1ccc([N+](=O)[O-])cc1. The van der Waals surface area contributed by atoms with Gasteiger partial charge in [-0.2, -0.15) is 5.10 Å². The van der Waals surface area contributed by atoms with Gasteiger partial charge in [-0.05, 0) is 79.9 Å². The van der Waals surface area contributed by atoms with Gasteiger partial charge in [0, 0.05) is 17.2 Å². The van der Waals surface area contributed by atoms with E-state index in [4.69, 9.17) is 25.8 Å². The number of amides is 1. The zero-order valence-corrected chi connectivity index (χ0v) is 21.1. The molecule has 0 saturated heterocycles. The van der Waals surface area contributed by atoms with Crippen LogP contribution < -0.4 is 19.6 Å². The largest absolute Gasteiger partial charge is 0.490 e. The number of non-ortho nitro benzene ring substituents is 1. The number of halogens is 1. The number of rotatable bonds is 10. The van der Waals surface area contributed by atoms with Crippen molar-refractivity contribution in [3.05, 3.63) is 92.0 Å². The average Bonchev–Trinajstić information content (AvgIpc) is 2.87. The van der Waals surface area contributed by atoms with Gasteiger partial charge in [0.25, 0.3) is 11.6 Å². The lowest BCUT2D eigenvalue weighted by Gasteiger charge is -2.11. The number of nitrogens with zero attached hydrogens (tertiary/aromatic N) is 2. The Kier molecular flexibility index (Phi) is 9.17. The summed E-state index contributed by atoms with van der Waals surface area (Å²) in [5.74, 6) is -0.187. The van der Waals surface area contributed by atoms with Crippen molar-refractivity contribution < 1.29 is 28.7 Å². The summed E-state index contributed by atoms with van der Waals surface area (Å²) in [7, 11) is 0. The first kappa shape index (κ1) is 27.2. The van der Waals surface area contributed by atoms with Gasteiger partial charge in [-0.3, -0.25) is 14.9 Å². The molecule has 0 aliphatic carbocycles. The molecule has 0 fully saturated rings. The smallest absolute Gasteiger partial charge is 0.343 e. The van der Waals surface area contributed by atoms with Crippen LogP contribution in [0.1, 0.15) is 34.0 Å². The molecule has 0 spiro atoms. The number of ether oxygens (including phenoxy) is 3. The van der Waals surface area contributed by atoms with Crippen LogP contribution in [0.2, 0.25) is 5.02 Å². The number of nitro groups is 1. The van der Waals surface area contributed by atoms with Gasteiger partial charge in [-0.25, -0.2) is 10.2 Å². The molecule has 0 radical (unpaired) electrons. The minimum atomic E-state index is -0.699. The number of aryl methyl sites for hydroxylation is 2. The second-order valence-corrected chi connectivity index (χ2v) is 8.16. The van der Waals surface area contributed by atoms with Crippen LogP contribution in [0.4, 0.5) is 5.69 Å². The van der Waals surface area contributed by atoms with E-state index in [0.717, 1.165) is 11.1 Å². The molecule has 10 nitrogen and oxygen atoms in total. The van der Waals surface area contributed by atoms with Crippen molar-refractivity contribution in [2.75, 3.05) is 13.2 Å². The zero-order valence-electron chi connectivity index (χ0n) is 20.3. The normalized spacial score (nSPS) is 10.7. The Labute approximate surface area is 218 Å². The van der Waals surface area contributed by atoms with Gasteiger partial charge < -0.3 is 14.2 Å². The van der Waals surface area contributed by atoms with Crippen molar-refractivity contribution in [3.8, 4) is 17.2 Å². The number of carbonyl (C=O) groups excluding carboxylic acids is 2. The molecule has 1 amide bonds. The Morgan fingerprint density at radius 1 is 1.03 bits per heavy atom. The third-order valence-electron chi connectivity index (χ3n) is 4.97. The molecule has 0 aliphatic heterocycles. The number of nitrogens with one attached hydrogen (secondary N) is 1. The molecule has 1 N–H and O–H groups in total. The molecule has 3 aromatic carbocycles. The minimum Gasteiger partial charge on any atom is -0.490 e. The molecule has 11 heteroatoms. The topological polar surface area (TPSA) is 129 Å². The highest BCUT2D eigenvalue weighted by Crippen LogP contribution is 2.29. The molecular formula is C26H24ClN3O7. The molecule has 3 rings (SSSR count). The first-order chi connectivity index (χ1) is 17.7. The van der Waals surface area contributed by atoms with Crippen LogP contribution in [0.15, 0.2) is 59.7 Å². The van der Waals surface area contributed by atoms with Gasteiger partial charge in [-0.15, -0.1) is 0 Å². The summed E-state index contributed by atoms with van der Waals surface area (Å²) in [5, 5.41) is 15.4. The molecule has 0 heterocycles. The van der Waals surface area contributed by atoms with Crippen LogP contribution in [-0.2, 0) is 4.79 Å². The summed E-state index contributed by atoms with van der Waals surface area (Å²) in [6.07, 6.45) is 1.40. The molecule has 0 saturated carbocycles. The minimum absolute atomic E-state index is 0.135. The van der Waals surface area contributed by atoms with E-state index in [1.165, 1.54) is 36.5 Å². The van der Waals surface area contributed by atoms with Crippen molar-refractivity contribution in [2.24, 2.45) is 5.10 Å². The van der Waals surface area contributed by atoms with Crippen molar-refractivity contribution in [1.29, 1.82) is 0 Å². The third-order valence-corrected chi connectivity index (χ3v) is 5.56. The number of hydrogen-bond donors (Lipinski definition) is 1. The van der Waals surface area contributed by atoms with E-state index in [1.807, 2.05) is 13.8 Å². The van der Waals surface area contributed by atoms with Crippen LogP contribution in [-0.4, -0.2) is 36.2 Å². The predicted molar refractivity (Wildman–Crippen MR) is 138 cm³/mol. The van der Waals surface area contributed by atoms with Crippen LogP contribution in [0.25, 0.3) is 0 Å². The lowest BCUT2D eigenvalue weighted by molar-refractivity contribution is -0.384. The van der Waals surface area contributed by atoms with E-state index in [0.29, 0.717) is 22.9 Å². The molecule has 0 unspecified atom stereocenters. The summed E-state index contributed by atoms with van der Waals surface area (Å²) in [6.45, 7) is 5.54. The van der Waals surface area contributed by atoms with Crippen molar-refractivity contribution in [2.45, 2.75) is 20.8 Å². The molecule has 3 aromatic rings. The van der Waals surface area contributed by atoms with E-state index in [2.05, 4.69) is 10.5 Å². The molecule has 0 aromatic heterocycles. The highest BCUT2D eigenvalue weighted by Gasteiger charge is 2.15. The Balaban J connectivity index is 1.60. The fourth-order valence-corrected chi connectivity index (χ4v) is 3.29. The Morgan fingerprint density at radius 2 is 1.70 bits per heavy atom. The molecule has 0 bridgehead atoms. The predicted octanol–water partition coefficient (Wildman–Crippen LogP) is 5.01. The summed E-state index contributed by atoms with van der Waals surface area (Å²) in [5.41, 5.74) is 4.66. The third kappa shape index (κ3) is 7.52. The number of benzene rings is 3. The quantitative estimate of drug-likeness (QED) is 0.129. The second kappa shape index (κ2) is 12.5. The number of esters is 1. The maximum Gasteiger partial charge on any atom is 0.343 e. The lowest BCUT2D eigenvalue weighted by atomic mass is 10.1. The standard InChI is InChI=1S/C26H24ClN3O7/c1-4-35-23-13-18(5-10-22(23)37-26(32)19-6-8-20(9-7-19)30(33)34)14-28-29-24(31)15-36-21-11-16(2)25(27)17(3)12-21/h5-14H,4,15H2,1-3H3,(H,29,31)/b28-14-. The maximum atomic E-state index is 12.5. The highest BCUT2D eigenvalue weighted by molar-refractivity contribution is 6.32. The number of carbonyl (C=O) groups is 2. The fraction of sp³-hybridized carbons (Fsp3) is 0.192. The molecular weight excluding hydrogens is 502 g/mol. The van der Waals surface area contributed by atoms with Gasteiger partial charge in [-0.1, -0.05) is 11.6 Å². The monoisotopic (exact) mass is 525 g/mol. The number of nitro benzene ring substituents is 1. The molecule has 37 heavy (non-hydrogen) atoms. The van der Waals surface area contributed by atoms with Gasteiger partial charge in [0.15, 0.2) is 18.1 Å². The van der Waals surface area contributed by atoms with Crippen molar-refractivity contribution in [1.82, 2.24) is 5.43 Å². The van der Waals surface area contributed by atoms with E-state index in [-0.39, 0.29) is 29.4 Å². The average molecular weight is 526 g/mol. The molecule has 0 atom stereocenters. The van der Waals surface area contributed by atoms with E-state index >= 15 is 0 Å². The first-order valence-electron chi connectivity index (χ1n) is 11.1. The van der Waals surface area contributed by atoms with Crippen LogP contribution in [0, 0.1) is 24.0 Å². The zero-order chi connectivity index (χ0) is 26.9. The Hall–Kier alpha value is -4.44. The lowest BCUT2D eigenvalue weighted by Crippen LogP contribution is -2.24. The fourth-order valence-electron chi connectivity index (χ4n) is 3.19. The van der Waals surface area contributed by atoms with Gasteiger partial charge in [0.1, 0.15) is 5.75 Å². The van der Waals surface area contributed by atoms with Crippen LogP contribution in [0.3, 0.4) is 0 Å². The summed E-state index contributed by atoms with van der Waals surface area (Å²) in [6, 6.07) is 13.3. The maximum absolute atomic E-state index is 12.5. The Bertz CT molecular complexity index is 1320. The highest BCUT2D eigenvalue weighted by atomic mass is 35.5. The van der Waals surface area contributed by atoms with Gasteiger partial charge >= 0.3 is 5.97 Å². The van der Waals surface area contributed by atoms with Crippen LogP contribution in [0.5, 0.6) is 17.2 Å². The van der Waals surface area contributed by atoms with Crippen LogP contribution >= 0.6 is 11.6 Å². The second-order valence-electron chi connectivity index (χ2n) is 7.79. The summed E-state index contributed by atoms with van der Waals surface area (Å²) >= 11 is 6.14. The van der Waals surface area contributed by atoms with E-state index in [9.17, 15) is 19.7 Å². The van der Waals surface area contributed by atoms with Gasteiger partial charge in [0.2, 0.25) is 0 Å². The molecule has 192 valence electrons. The van der Waals surface area contributed by atoms with E-state index in [1.54, 1.807) is 31.2 Å². The summed E-state index contributed by atoms with van der Waals surface area (Å²) < 4.78 is 16.5. The number of hydrogen-bond acceptors (Lipinski definition) is 8. The summed E-state index contributed by atoms with van der Waals surface area (Å²) in [4.78, 5) is 34.8. The Morgan fingerprint density at radius 3 is 2.32 bits per heavy atom. The molecule has 0 aliphatic rings.